The molecular formula is C14H23N3O3. The zero-order valence-corrected chi connectivity index (χ0v) is 12.6. The molecule has 1 aromatic rings. The zero-order valence-electron chi connectivity index (χ0n) is 12.6. The summed E-state index contributed by atoms with van der Waals surface area (Å²) in [4.78, 5) is 14.1. The highest BCUT2D eigenvalue weighted by Gasteiger charge is 2.23. The largest absolute Gasteiger partial charge is 0.379 e. The van der Waals surface area contributed by atoms with Gasteiger partial charge in [-0.3, -0.25) is 15.0 Å². The maximum atomic E-state index is 12.0. The number of aromatic nitrogens is 1. The van der Waals surface area contributed by atoms with Gasteiger partial charge in [0.1, 0.15) is 0 Å². The third-order valence-electron chi connectivity index (χ3n) is 3.39. The number of hydrogen-bond donors (Lipinski definition) is 1. The van der Waals surface area contributed by atoms with Crippen LogP contribution in [0.5, 0.6) is 0 Å². The molecule has 0 radical (unpaired) electrons. The van der Waals surface area contributed by atoms with E-state index in [-0.39, 0.29) is 17.4 Å². The molecule has 1 aliphatic rings. The Kier molecular flexibility index (Phi) is 4.45. The van der Waals surface area contributed by atoms with Gasteiger partial charge in [-0.25, -0.2) is 0 Å². The summed E-state index contributed by atoms with van der Waals surface area (Å²) in [5, 5.41) is 6.73. The molecule has 20 heavy (non-hydrogen) atoms. The van der Waals surface area contributed by atoms with E-state index in [4.69, 9.17) is 9.26 Å². The smallest absolute Gasteiger partial charge is 0.240 e. The van der Waals surface area contributed by atoms with Crippen molar-refractivity contribution in [3.8, 4) is 0 Å². The fraction of sp³-hybridized carbons (Fsp3) is 0.714. The fourth-order valence-electron chi connectivity index (χ4n) is 2.05. The van der Waals surface area contributed by atoms with E-state index in [1.165, 1.54) is 0 Å². The maximum Gasteiger partial charge on any atom is 0.240 e. The van der Waals surface area contributed by atoms with Gasteiger partial charge in [0.2, 0.25) is 11.8 Å². The van der Waals surface area contributed by atoms with E-state index in [9.17, 15) is 4.79 Å². The number of ether oxygens (including phenoxy) is 1. The lowest BCUT2D eigenvalue weighted by Crippen LogP contribution is -2.47. The molecule has 0 aliphatic carbocycles. The van der Waals surface area contributed by atoms with Crippen molar-refractivity contribution >= 4 is 11.8 Å². The lowest BCUT2D eigenvalue weighted by atomic mass is 9.92. The number of amides is 1. The molecule has 0 aromatic carbocycles. The van der Waals surface area contributed by atoms with Crippen LogP contribution < -0.4 is 5.32 Å². The minimum Gasteiger partial charge on any atom is -0.379 e. The standard InChI is InChI=1S/C14H23N3O3/c1-10-9-19-6-5-17(10)8-12(18)15-13-7-11(16-20-13)14(2,3)4/h7,10H,5-6,8-9H2,1-4H3,(H,15,18). The average molecular weight is 281 g/mol. The molecule has 112 valence electrons. The summed E-state index contributed by atoms with van der Waals surface area (Å²) < 4.78 is 10.5. The first-order valence-electron chi connectivity index (χ1n) is 6.95. The number of hydrogen-bond acceptors (Lipinski definition) is 5. The Morgan fingerprint density at radius 3 is 2.90 bits per heavy atom. The highest BCUT2D eigenvalue weighted by Crippen LogP contribution is 2.23. The maximum absolute atomic E-state index is 12.0. The van der Waals surface area contributed by atoms with Crippen LogP contribution in [0.15, 0.2) is 10.6 Å². The Hall–Kier alpha value is -1.40. The molecule has 1 amide bonds. The van der Waals surface area contributed by atoms with Gasteiger partial charge in [0, 0.05) is 24.1 Å². The number of carbonyl (C=O) groups is 1. The summed E-state index contributed by atoms with van der Waals surface area (Å²) in [7, 11) is 0. The molecule has 1 saturated heterocycles. The summed E-state index contributed by atoms with van der Waals surface area (Å²) in [6.07, 6.45) is 0. The van der Waals surface area contributed by atoms with E-state index in [2.05, 4.69) is 22.3 Å². The van der Waals surface area contributed by atoms with Gasteiger partial charge >= 0.3 is 0 Å². The molecule has 0 bridgehead atoms. The molecular weight excluding hydrogens is 258 g/mol. The van der Waals surface area contributed by atoms with E-state index in [1.807, 2.05) is 20.8 Å². The fourth-order valence-corrected chi connectivity index (χ4v) is 2.05. The highest BCUT2D eigenvalue weighted by molar-refractivity contribution is 5.91. The first-order chi connectivity index (χ1) is 9.36. The van der Waals surface area contributed by atoms with E-state index in [0.29, 0.717) is 25.6 Å². The summed E-state index contributed by atoms with van der Waals surface area (Å²) in [5.74, 6) is 0.316. The molecule has 2 heterocycles. The van der Waals surface area contributed by atoms with Crippen LogP contribution in [0.25, 0.3) is 0 Å². The first-order valence-corrected chi connectivity index (χ1v) is 6.95. The summed E-state index contributed by atoms with van der Waals surface area (Å²) in [6, 6.07) is 2.04. The Morgan fingerprint density at radius 2 is 2.30 bits per heavy atom. The van der Waals surface area contributed by atoms with Crippen LogP contribution in [0.3, 0.4) is 0 Å². The average Bonchev–Trinajstić information content (AvgIpc) is 2.80. The first kappa shape index (κ1) is 15.0. The highest BCUT2D eigenvalue weighted by atomic mass is 16.5. The van der Waals surface area contributed by atoms with Crippen molar-refractivity contribution < 1.29 is 14.1 Å². The van der Waals surface area contributed by atoms with Crippen LogP contribution in [-0.2, 0) is 14.9 Å². The minimum atomic E-state index is -0.0921. The van der Waals surface area contributed by atoms with Crippen LogP contribution in [0.1, 0.15) is 33.4 Å². The monoisotopic (exact) mass is 281 g/mol. The second-order valence-corrected chi connectivity index (χ2v) is 6.27. The lowest BCUT2D eigenvalue weighted by Gasteiger charge is -2.32. The van der Waals surface area contributed by atoms with Crippen LogP contribution in [0, 0.1) is 0 Å². The molecule has 0 saturated carbocycles. The van der Waals surface area contributed by atoms with Gasteiger partial charge in [-0.1, -0.05) is 25.9 Å². The summed E-state index contributed by atoms with van der Waals surface area (Å²) in [5.41, 5.74) is 0.734. The predicted molar refractivity (Wildman–Crippen MR) is 75.7 cm³/mol. The van der Waals surface area contributed by atoms with Crippen molar-refractivity contribution in [2.24, 2.45) is 0 Å². The van der Waals surface area contributed by atoms with Crippen molar-refractivity contribution in [1.82, 2.24) is 10.1 Å². The number of nitrogens with one attached hydrogen (secondary N) is 1. The van der Waals surface area contributed by atoms with E-state index >= 15 is 0 Å². The van der Waals surface area contributed by atoms with Gasteiger partial charge in [0.15, 0.2) is 0 Å². The van der Waals surface area contributed by atoms with Gasteiger partial charge in [0.05, 0.1) is 25.5 Å². The summed E-state index contributed by atoms with van der Waals surface area (Å²) in [6.45, 7) is 10.7. The van der Waals surface area contributed by atoms with Crippen molar-refractivity contribution in [1.29, 1.82) is 0 Å². The summed E-state index contributed by atoms with van der Waals surface area (Å²) >= 11 is 0. The van der Waals surface area contributed by atoms with Crippen LogP contribution in [0.2, 0.25) is 0 Å². The van der Waals surface area contributed by atoms with Crippen LogP contribution >= 0.6 is 0 Å². The third kappa shape index (κ3) is 3.80. The van der Waals surface area contributed by atoms with Crippen molar-refractivity contribution in [2.45, 2.75) is 39.2 Å². The van der Waals surface area contributed by atoms with Crippen molar-refractivity contribution in [3.63, 3.8) is 0 Å². The van der Waals surface area contributed by atoms with Gasteiger partial charge < -0.3 is 9.26 Å². The Balaban J connectivity index is 1.89. The SMILES string of the molecule is CC1COCCN1CC(=O)Nc1cc(C(C)(C)C)no1. The van der Waals surface area contributed by atoms with Gasteiger partial charge in [-0.05, 0) is 6.92 Å². The molecule has 1 unspecified atom stereocenters. The Bertz CT molecular complexity index is 464. The second-order valence-electron chi connectivity index (χ2n) is 6.27. The molecule has 1 atom stereocenters. The molecule has 2 rings (SSSR count). The van der Waals surface area contributed by atoms with E-state index in [0.717, 1.165) is 12.2 Å². The molecule has 6 heteroatoms. The lowest BCUT2D eigenvalue weighted by molar-refractivity contribution is -0.119. The number of anilines is 1. The minimum absolute atomic E-state index is 0.0876. The number of carbonyl (C=O) groups excluding carboxylic acids is 1. The van der Waals surface area contributed by atoms with E-state index in [1.54, 1.807) is 6.07 Å². The Labute approximate surface area is 119 Å². The zero-order chi connectivity index (χ0) is 14.8. The molecule has 0 spiro atoms. The van der Waals surface area contributed by atoms with E-state index < -0.39 is 0 Å². The quantitative estimate of drug-likeness (QED) is 0.912. The van der Waals surface area contributed by atoms with Crippen molar-refractivity contribution in [3.05, 3.63) is 11.8 Å². The number of rotatable bonds is 3. The van der Waals surface area contributed by atoms with Gasteiger partial charge in [0.25, 0.3) is 0 Å². The Morgan fingerprint density at radius 1 is 1.55 bits per heavy atom. The van der Waals surface area contributed by atoms with Crippen LogP contribution in [0.4, 0.5) is 5.88 Å². The number of morpholine rings is 1. The molecule has 1 aromatic heterocycles. The molecule has 1 aliphatic heterocycles. The predicted octanol–water partition coefficient (Wildman–Crippen LogP) is 1.63. The van der Waals surface area contributed by atoms with Gasteiger partial charge in [-0.2, -0.15) is 0 Å². The normalized spacial score (nSPS) is 20.9. The molecule has 6 nitrogen and oxygen atoms in total. The topological polar surface area (TPSA) is 67.6 Å². The number of nitrogens with zero attached hydrogens (tertiary/aromatic N) is 2. The molecule has 1 N–H and O–H groups in total. The van der Waals surface area contributed by atoms with Crippen LogP contribution in [-0.4, -0.2) is 48.3 Å². The molecule has 1 fully saturated rings. The second kappa shape index (κ2) is 5.93. The third-order valence-corrected chi connectivity index (χ3v) is 3.39. The van der Waals surface area contributed by atoms with Crippen molar-refractivity contribution in [2.75, 3.05) is 31.6 Å². The van der Waals surface area contributed by atoms with Gasteiger partial charge in [-0.15, -0.1) is 0 Å².